The molecule has 0 fully saturated rings. The van der Waals surface area contributed by atoms with E-state index in [-0.39, 0.29) is 17.2 Å². The molecule has 0 spiro atoms. The normalized spacial score (nSPS) is 12.9. The lowest BCUT2D eigenvalue weighted by atomic mass is 9.98. The fraction of sp³-hybridized carbons (Fsp3) is 0.286. The maximum Gasteiger partial charge on any atom is 0.351 e. The van der Waals surface area contributed by atoms with Gasteiger partial charge in [-0.05, 0) is 62.0 Å². The van der Waals surface area contributed by atoms with Gasteiger partial charge >= 0.3 is 5.95 Å². The molecule has 6 N–H and O–H groups in total. The summed E-state index contributed by atoms with van der Waals surface area (Å²) in [5.74, 6) is -0.122. The first-order valence-corrected chi connectivity index (χ1v) is 12.9. The van der Waals surface area contributed by atoms with E-state index >= 15 is 0 Å². The summed E-state index contributed by atoms with van der Waals surface area (Å²) in [5, 5.41) is 7.03. The second-order valence-electron chi connectivity index (χ2n) is 9.92. The second-order valence-corrected chi connectivity index (χ2v) is 9.92. The fourth-order valence-corrected chi connectivity index (χ4v) is 4.82. The van der Waals surface area contributed by atoms with Crippen LogP contribution in [0.5, 0.6) is 5.75 Å². The number of rotatable bonds is 9. The van der Waals surface area contributed by atoms with Gasteiger partial charge in [0.25, 0.3) is 5.91 Å². The van der Waals surface area contributed by atoms with E-state index in [2.05, 4.69) is 25.6 Å². The molecular weight excluding hydrogens is 515 g/mol. The Kier molecular flexibility index (Phi) is 7.52. The van der Waals surface area contributed by atoms with E-state index in [0.29, 0.717) is 60.3 Å². The van der Waals surface area contributed by atoms with Gasteiger partial charge in [0.2, 0.25) is 17.4 Å². The number of nitrogens with one attached hydrogen (secondary N) is 4. The highest BCUT2D eigenvalue weighted by molar-refractivity contribution is 6.00. The van der Waals surface area contributed by atoms with Crippen molar-refractivity contribution in [1.29, 1.82) is 0 Å². The van der Waals surface area contributed by atoms with Gasteiger partial charge in [0.05, 0.1) is 23.7 Å². The van der Waals surface area contributed by atoms with Crippen molar-refractivity contribution in [3.05, 3.63) is 65.1 Å². The smallest absolute Gasteiger partial charge is 0.351 e. The van der Waals surface area contributed by atoms with Crippen LogP contribution in [0.15, 0.2) is 42.6 Å². The third-order valence-electron chi connectivity index (χ3n) is 6.89. The number of aromatic nitrogens is 3. The largest absolute Gasteiger partial charge is 0.493 e. The maximum absolute atomic E-state index is 14.4. The van der Waals surface area contributed by atoms with Crippen molar-refractivity contribution in [3.8, 4) is 5.75 Å². The predicted octanol–water partition coefficient (Wildman–Crippen LogP) is 2.95. The molecule has 11 nitrogen and oxygen atoms in total. The lowest BCUT2D eigenvalue weighted by Gasteiger charge is -2.30. The number of ether oxygens (including phenoxy) is 1. The van der Waals surface area contributed by atoms with Crippen LogP contribution >= 0.6 is 0 Å². The fourth-order valence-electron chi connectivity index (χ4n) is 4.82. The van der Waals surface area contributed by atoms with Gasteiger partial charge in [-0.2, -0.15) is 0 Å². The zero-order valence-corrected chi connectivity index (χ0v) is 22.6. The van der Waals surface area contributed by atoms with Crippen LogP contribution < -0.4 is 26.1 Å². The third kappa shape index (κ3) is 5.52. The van der Waals surface area contributed by atoms with E-state index in [4.69, 9.17) is 10.5 Å². The zero-order valence-electron chi connectivity index (χ0n) is 22.6. The molecule has 2 aromatic carbocycles. The quantitative estimate of drug-likeness (QED) is 0.252. The monoisotopic (exact) mass is 547 g/mol. The van der Waals surface area contributed by atoms with Crippen LogP contribution in [0.25, 0.3) is 11.0 Å². The number of hydrogen-bond donors (Lipinski definition) is 4. The zero-order chi connectivity index (χ0) is 28.4. The SMILES string of the molecule is COc1cc2c(cc1Nc1nc(Nc3cccc(F)c3C(N)=O)c3cc[nH]c3[nH+]1)CN(C(=O)CCN(C)C)CC2. The van der Waals surface area contributed by atoms with Gasteiger partial charge in [-0.1, -0.05) is 11.1 Å². The Bertz CT molecular complexity index is 1590. The molecule has 3 heterocycles. The molecule has 0 saturated carbocycles. The molecule has 5 rings (SSSR count). The number of amides is 2. The number of nitrogens with zero attached hydrogens (tertiary/aromatic N) is 3. The van der Waals surface area contributed by atoms with Gasteiger partial charge in [0.1, 0.15) is 11.5 Å². The first-order valence-electron chi connectivity index (χ1n) is 12.9. The number of fused-ring (bicyclic) bond motifs is 2. The minimum Gasteiger partial charge on any atom is -0.493 e. The molecule has 0 radical (unpaired) electrons. The van der Waals surface area contributed by atoms with Gasteiger partial charge in [-0.15, -0.1) is 0 Å². The first-order chi connectivity index (χ1) is 19.2. The number of carbonyl (C=O) groups excluding carboxylic acids is 2. The van der Waals surface area contributed by atoms with Crippen LogP contribution in [0.4, 0.5) is 27.5 Å². The average Bonchev–Trinajstić information content (AvgIpc) is 3.40. The van der Waals surface area contributed by atoms with Crippen molar-refractivity contribution in [2.24, 2.45) is 5.73 Å². The van der Waals surface area contributed by atoms with Gasteiger partial charge < -0.3 is 25.6 Å². The van der Waals surface area contributed by atoms with E-state index in [1.165, 1.54) is 12.1 Å². The topological polar surface area (TPSA) is 143 Å². The Morgan fingerprint density at radius 1 is 1.20 bits per heavy atom. The number of anilines is 4. The maximum atomic E-state index is 14.4. The Morgan fingerprint density at radius 2 is 2.02 bits per heavy atom. The van der Waals surface area contributed by atoms with E-state index in [0.717, 1.165) is 17.5 Å². The number of primary amides is 1. The number of benzene rings is 2. The summed E-state index contributed by atoms with van der Waals surface area (Å²) in [6.45, 7) is 1.87. The highest BCUT2D eigenvalue weighted by Crippen LogP contribution is 2.34. The lowest BCUT2D eigenvalue weighted by Crippen LogP contribution is -2.37. The molecule has 0 bridgehead atoms. The Balaban J connectivity index is 1.45. The Morgan fingerprint density at radius 3 is 2.77 bits per heavy atom. The Hall–Kier alpha value is -4.71. The van der Waals surface area contributed by atoms with E-state index in [1.54, 1.807) is 25.4 Å². The van der Waals surface area contributed by atoms with Gasteiger partial charge in [0.15, 0.2) is 5.75 Å². The molecule has 1 aliphatic heterocycles. The van der Waals surface area contributed by atoms with Crippen LogP contribution in [0.2, 0.25) is 0 Å². The number of aromatic amines is 2. The van der Waals surface area contributed by atoms with Crippen molar-refractivity contribution < 1.29 is 23.7 Å². The number of nitrogens with two attached hydrogens (primary N) is 1. The molecule has 2 amide bonds. The molecule has 0 aliphatic carbocycles. The molecule has 12 heteroatoms. The van der Waals surface area contributed by atoms with E-state index in [1.807, 2.05) is 36.0 Å². The molecule has 4 aromatic rings. The third-order valence-corrected chi connectivity index (χ3v) is 6.89. The number of carbonyl (C=O) groups is 2. The predicted molar refractivity (Wildman–Crippen MR) is 149 cm³/mol. The Labute approximate surface area is 230 Å². The van der Waals surface area contributed by atoms with Crippen molar-refractivity contribution in [2.45, 2.75) is 19.4 Å². The standard InChI is InChI=1S/C28H31FN8O3/c1-36(2)11-9-23(38)37-12-8-16-14-22(40-3)21(13-17(16)15-37)33-28-34-26-18(7-10-31-26)27(35-28)32-20-6-4-5-19(29)24(20)25(30)39/h4-7,10,13-14H,8-9,11-12,15H2,1-3H3,(H2,30,39)(H3,31,32,33,34,35)/p+1. The summed E-state index contributed by atoms with van der Waals surface area (Å²) in [6, 6.07) is 9.98. The summed E-state index contributed by atoms with van der Waals surface area (Å²) in [7, 11) is 5.50. The highest BCUT2D eigenvalue weighted by atomic mass is 19.1. The molecule has 208 valence electrons. The molecule has 0 unspecified atom stereocenters. The molecular formula is C28H32FN8O3+. The van der Waals surface area contributed by atoms with Crippen LogP contribution in [0, 0.1) is 5.82 Å². The summed E-state index contributed by atoms with van der Waals surface area (Å²) in [6.07, 6.45) is 2.94. The van der Waals surface area contributed by atoms with Crippen LogP contribution in [0.1, 0.15) is 27.9 Å². The van der Waals surface area contributed by atoms with Crippen molar-refractivity contribution in [1.82, 2.24) is 19.8 Å². The molecule has 0 saturated heterocycles. The number of halogens is 1. The van der Waals surface area contributed by atoms with Crippen LogP contribution in [-0.4, -0.2) is 65.9 Å². The van der Waals surface area contributed by atoms with Gasteiger partial charge in [-0.3, -0.25) is 19.9 Å². The van der Waals surface area contributed by atoms with Gasteiger partial charge in [0, 0.05) is 32.3 Å². The van der Waals surface area contributed by atoms with Crippen LogP contribution in [-0.2, 0) is 17.8 Å². The molecule has 2 aromatic heterocycles. The van der Waals surface area contributed by atoms with E-state index < -0.39 is 11.7 Å². The molecule has 40 heavy (non-hydrogen) atoms. The highest BCUT2D eigenvalue weighted by Gasteiger charge is 2.24. The minimum absolute atomic E-state index is 0.125. The first kappa shape index (κ1) is 26.9. The van der Waals surface area contributed by atoms with Crippen molar-refractivity contribution >= 4 is 46.0 Å². The van der Waals surface area contributed by atoms with Crippen LogP contribution in [0.3, 0.4) is 0 Å². The summed E-state index contributed by atoms with van der Waals surface area (Å²) in [4.78, 5) is 39.6. The van der Waals surface area contributed by atoms with E-state index in [9.17, 15) is 14.0 Å². The summed E-state index contributed by atoms with van der Waals surface area (Å²) < 4.78 is 20.0. The lowest BCUT2D eigenvalue weighted by molar-refractivity contribution is -0.333. The average molecular weight is 548 g/mol. The minimum atomic E-state index is -0.889. The summed E-state index contributed by atoms with van der Waals surface area (Å²) >= 11 is 0. The summed E-state index contributed by atoms with van der Waals surface area (Å²) in [5.41, 5.74) is 8.84. The molecule has 1 aliphatic rings. The number of hydrogen-bond acceptors (Lipinski definition) is 7. The van der Waals surface area contributed by atoms with Gasteiger partial charge in [-0.25, -0.2) is 9.37 Å². The van der Waals surface area contributed by atoms with Crippen molar-refractivity contribution in [3.63, 3.8) is 0 Å². The second kappa shape index (κ2) is 11.2. The number of methoxy groups -OCH3 is 1. The number of H-pyrrole nitrogens is 2. The molecule has 0 atom stereocenters. The van der Waals surface area contributed by atoms with Crippen molar-refractivity contribution in [2.75, 3.05) is 44.9 Å².